The minimum atomic E-state index is 0. The molecule has 1 aromatic heterocycles. The minimum Gasteiger partial charge on any atom is -0.493 e. The number of carbonyl (C=O) groups excluding carboxylic acids is 1. The summed E-state index contributed by atoms with van der Waals surface area (Å²) in [5.74, 6) is 2.03. The summed E-state index contributed by atoms with van der Waals surface area (Å²) in [5.41, 5.74) is 2.04. The quantitative estimate of drug-likeness (QED) is 0.769. The lowest BCUT2D eigenvalue weighted by Gasteiger charge is -2.24. The fourth-order valence-electron chi connectivity index (χ4n) is 2.76. The third-order valence-electron chi connectivity index (χ3n) is 4.00. The van der Waals surface area contributed by atoms with Gasteiger partial charge < -0.3 is 14.4 Å². The van der Waals surface area contributed by atoms with E-state index >= 15 is 0 Å². The lowest BCUT2D eigenvalue weighted by molar-refractivity contribution is -0.128. The number of hydrogen-bond donors (Lipinski definition) is 0. The van der Waals surface area contributed by atoms with Crippen LogP contribution in [0.1, 0.15) is 16.6 Å². The maximum atomic E-state index is 12.3. The minimum absolute atomic E-state index is 0. The number of ether oxygens (including phenoxy) is 2. The first-order valence-electron chi connectivity index (χ1n) is 7.76. The molecule has 1 unspecified atom stereocenters. The number of aromatic nitrogens is 1. The molecular formula is C18H21ClN2O3S. The zero-order valence-corrected chi connectivity index (χ0v) is 15.8. The van der Waals surface area contributed by atoms with Gasteiger partial charge in [-0.25, -0.2) is 0 Å². The lowest BCUT2D eigenvalue weighted by atomic mass is 10.1. The van der Waals surface area contributed by atoms with Crippen molar-refractivity contribution in [2.24, 2.45) is 0 Å². The first-order valence-corrected chi connectivity index (χ1v) is 8.80. The number of benzene rings is 1. The van der Waals surface area contributed by atoms with Gasteiger partial charge in [0.2, 0.25) is 5.91 Å². The first kappa shape index (κ1) is 19.4. The van der Waals surface area contributed by atoms with Crippen molar-refractivity contribution in [2.45, 2.75) is 11.8 Å². The molecule has 0 spiro atoms. The summed E-state index contributed by atoms with van der Waals surface area (Å²) >= 11 is 1.64. The molecule has 1 aliphatic heterocycles. The molecule has 134 valence electrons. The van der Waals surface area contributed by atoms with Gasteiger partial charge in [0.25, 0.3) is 0 Å². The number of carbonyl (C=O) groups is 1. The van der Waals surface area contributed by atoms with Gasteiger partial charge in [-0.05, 0) is 29.8 Å². The van der Waals surface area contributed by atoms with Crippen molar-refractivity contribution in [1.29, 1.82) is 0 Å². The van der Waals surface area contributed by atoms with Gasteiger partial charge >= 0.3 is 0 Å². The molecule has 1 amide bonds. The number of rotatable bonds is 6. The molecule has 1 aromatic carbocycles. The zero-order chi connectivity index (χ0) is 16.9. The molecule has 0 N–H and O–H groups in total. The Labute approximate surface area is 158 Å². The van der Waals surface area contributed by atoms with Crippen molar-refractivity contribution in [1.82, 2.24) is 9.88 Å². The van der Waals surface area contributed by atoms with Crippen molar-refractivity contribution in [3.63, 3.8) is 0 Å². The van der Waals surface area contributed by atoms with Gasteiger partial charge in [-0.2, -0.15) is 0 Å². The Morgan fingerprint density at radius 3 is 2.68 bits per heavy atom. The van der Waals surface area contributed by atoms with E-state index in [1.54, 1.807) is 32.2 Å². The van der Waals surface area contributed by atoms with Gasteiger partial charge in [0.05, 0.1) is 20.0 Å². The number of nitrogens with zero attached hydrogens (tertiary/aromatic N) is 2. The van der Waals surface area contributed by atoms with Crippen LogP contribution in [0.5, 0.6) is 11.5 Å². The van der Waals surface area contributed by atoms with E-state index in [0.717, 1.165) is 17.7 Å². The Morgan fingerprint density at radius 1 is 1.20 bits per heavy atom. The lowest BCUT2D eigenvalue weighted by Crippen LogP contribution is -2.30. The van der Waals surface area contributed by atoms with Gasteiger partial charge in [0.15, 0.2) is 11.5 Å². The third kappa shape index (κ3) is 4.38. The Balaban J connectivity index is 0.00000225. The Morgan fingerprint density at radius 2 is 2.00 bits per heavy atom. The van der Waals surface area contributed by atoms with Crippen molar-refractivity contribution in [3.05, 3.63) is 53.9 Å². The second-order valence-electron chi connectivity index (χ2n) is 5.44. The number of amides is 1. The van der Waals surface area contributed by atoms with E-state index in [1.807, 2.05) is 41.3 Å². The van der Waals surface area contributed by atoms with E-state index < -0.39 is 0 Å². The predicted octanol–water partition coefficient (Wildman–Crippen LogP) is 3.34. The smallest absolute Gasteiger partial charge is 0.233 e. The second kappa shape index (κ2) is 8.97. The monoisotopic (exact) mass is 380 g/mol. The van der Waals surface area contributed by atoms with Crippen molar-refractivity contribution in [3.8, 4) is 11.5 Å². The van der Waals surface area contributed by atoms with Gasteiger partial charge in [-0.1, -0.05) is 12.1 Å². The second-order valence-corrected chi connectivity index (χ2v) is 6.50. The number of hydrogen-bond acceptors (Lipinski definition) is 5. The van der Waals surface area contributed by atoms with E-state index in [0.29, 0.717) is 23.8 Å². The highest BCUT2D eigenvalue weighted by atomic mass is 35.5. The predicted molar refractivity (Wildman–Crippen MR) is 102 cm³/mol. The number of halogens is 1. The molecule has 1 aliphatic rings. The Hall–Kier alpha value is -1.92. The summed E-state index contributed by atoms with van der Waals surface area (Å²) in [6.45, 7) is 0.655. The largest absolute Gasteiger partial charge is 0.493 e. The fraction of sp³-hybridized carbons (Fsp3) is 0.333. The summed E-state index contributed by atoms with van der Waals surface area (Å²) in [4.78, 5) is 18.5. The average molecular weight is 381 g/mol. The molecule has 1 saturated heterocycles. The summed E-state index contributed by atoms with van der Waals surface area (Å²) in [6.07, 6.45) is 2.53. The van der Waals surface area contributed by atoms with Crippen LogP contribution in [0.3, 0.4) is 0 Å². The van der Waals surface area contributed by atoms with Gasteiger partial charge in [0, 0.05) is 24.9 Å². The summed E-state index contributed by atoms with van der Waals surface area (Å²) in [7, 11) is 3.23. The van der Waals surface area contributed by atoms with Crippen LogP contribution in [0.2, 0.25) is 0 Å². The molecular weight excluding hydrogens is 360 g/mol. The van der Waals surface area contributed by atoms with E-state index in [9.17, 15) is 4.79 Å². The highest BCUT2D eigenvalue weighted by Gasteiger charge is 2.33. The summed E-state index contributed by atoms with van der Waals surface area (Å²) in [6, 6.07) is 11.7. The standard InChI is InChI=1S/C18H20N2O3S.ClH/c1-22-15-7-6-13(11-16(15)23-2)18-20(17(21)12-24-18)10-8-14-5-3-4-9-19-14;/h3-7,9,11,18H,8,10,12H2,1-2H3;1H. The SMILES string of the molecule is COc1ccc(C2SCC(=O)N2CCc2ccccn2)cc1OC.Cl. The molecule has 1 fully saturated rings. The van der Waals surface area contributed by atoms with Crippen LogP contribution in [0.15, 0.2) is 42.6 Å². The third-order valence-corrected chi connectivity index (χ3v) is 5.25. The maximum Gasteiger partial charge on any atom is 0.233 e. The molecule has 2 aromatic rings. The van der Waals surface area contributed by atoms with Crippen LogP contribution in [0.25, 0.3) is 0 Å². The number of thioether (sulfide) groups is 1. The zero-order valence-electron chi connectivity index (χ0n) is 14.2. The van der Waals surface area contributed by atoms with E-state index in [2.05, 4.69) is 4.98 Å². The van der Waals surface area contributed by atoms with E-state index in [4.69, 9.17) is 9.47 Å². The molecule has 25 heavy (non-hydrogen) atoms. The Kier molecular flexibility index (Phi) is 6.96. The Bertz CT molecular complexity index is 715. The summed E-state index contributed by atoms with van der Waals surface area (Å²) in [5, 5.41) is 0.000943. The summed E-state index contributed by atoms with van der Waals surface area (Å²) < 4.78 is 10.7. The van der Waals surface area contributed by atoms with Gasteiger partial charge in [-0.3, -0.25) is 9.78 Å². The molecule has 7 heteroatoms. The van der Waals surface area contributed by atoms with Crippen molar-refractivity contribution < 1.29 is 14.3 Å². The van der Waals surface area contributed by atoms with Crippen molar-refractivity contribution >= 4 is 30.1 Å². The molecule has 1 atom stereocenters. The average Bonchev–Trinajstić information content (AvgIpc) is 3.00. The topological polar surface area (TPSA) is 51.7 Å². The number of pyridine rings is 1. The molecule has 3 rings (SSSR count). The molecule has 0 saturated carbocycles. The van der Waals surface area contributed by atoms with Crippen LogP contribution >= 0.6 is 24.2 Å². The van der Waals surface area contributed by atoms with Crippen LogP contribution in [0.4, 0.5) is 0 Å². The molecule has 2 heterocycles. The van der Waals surface area contributed by atoms with Crippen LogP contribution in [0, 0.1) is 0 Å². The van der Waals surface area contributed by atoms with E-state index in [1.165, 1.54) is 0 Å². The first-order chi connectivity index (χ1) is 11.7. The fourth-order valence-corrected chi connectivity index (χ4v) is 3.97. The normalized spacial score (nSPS) is 16.5. The maximum absolute atomic E-state index is 12.3. The highest BCUT2D eigenvalue weighted by Crippen LogP contribution is 2.41. The molecule has 0 radical (unpaired) electrons. The number of methoxy groups -OCH3 is 2. The molecule has 0 bridgehead atoms. The van der Waals surface area contributed by atoms with Crippen LogP contribution < -0.4 is 9.47 Å². The molecule has 0 aliphatic carbocycles. The van der Waals surface area contributed by atoms with Gasteiger partial charge in [0.1, 0.15) is 5.37 Å². The van der Waals surface area contributed by atoms with Crippen LogP contribution in [-0.4, -0.2) is 42.3 Å². The molecule has 5 nitrogen and oxygen atoms in total. The van der Waals surface area contributed by atoms with Crippen LogP contribution in [-0.2, 0) is 11.2 Å². The van der Waals surface area contributed by atoms with Gasteiger partial charge in [-0.15, -0.1) is 24.2 Å². The van der Waals surface area contributed by atoms with E-state index in [-0.39, 0.29) is 23.7 Å². The highest BCUT2D eigenvalue weighted by molar-refractivity contribution is 8.00. The van der Waals surface area contributed by atoms with Crippen molar-refractivity contribution in [2.75, 3.05) is 26.5 Å².